The molecular formula is C9H15ClF3NO. The minimum Gasteiger partial charge on any atom is -0.368 e. The highest BCUT2D eigenvalue weighted by molar-refractivity contribution is 5.85. The largest absolute Gasteiger partial charge is 0.417 e. The van der Waals surface area contributed by atoms with Crippen LogP contribution >= 0.6 is 12.4 Å². The predicted molar refractivity (Wildman–Crippen MR) is 51.8 cm³/mol. The third kappa shape index (κ3) is 1.65. The summed E-state index contributed by atoms with van der Waals surface area (Å²) in [6.45, 7) is 0. The third-order valence-corrected chi connectivity index (χ3v) is 3.82. The summed E-state index contributed by atoms with van der Waals surface area (Å²) in [6.07, 6.45) is -3.22. The molecule has 2 aliphatic rings. The van der Waals surface area contributed by atoms with Gasteiger partial charge in [0.15, 0.2) is 5.60 Å². The molecule has 0 saturated heterocycles. The van der Waals surface area contributed by atoms with Crippen LogP contribution in [0.1, 0.15) is 19.3 Å². The third-order valence-electron chi connectivity index (χ3n) is 3.82. The molecule has 0 radical (unpaired) electrons. The van der Waals surface area contributed by atoms with Crippen LogP contribution in [-0.2, 0) is 4.74 Å². The second kappa shape index (κ2) is 3.79. The number of methoxy groups -OCH3 is 1. The molecule has 0 aromatic rings. The average molecular weight is 246 g/mol. The van der Waals surface area contributed by atoms with Crippen molar-refractivity contribution in [3.8, 4) is 0 Å². The molecule has 0 aromatic heterocycles. The van der Waals surface area contributed by atoms with Gasteiger partial charge >= 0.3 is 6.18 Å². The van der Waals surface area contributed by atoms with E-state index in [0.29, 0.717) is 12.8 Å². The first kappa shape index (κ1) is 13.1. The second-order valence-electron chi connectivity index (χ2n) is 4.39. The molecule has 0 aromatic carbocycles. The summed E-state index contributed by atoms with van der Waals surface area (Å²) in [5.74, 6) is -0.450. The van der Waals surface area contributed by atoms with Crippen molar-refractivity contribution >= 4 is 12.4 Å². The molecule has 0 aliphatic heterocycles. The van der Waals surface area contributed by atoms with E-state index in [9.17, 15) is 13.2 Å². The molecular weight excluding hydrogens is 231 g/mol. The zero-order chi connectivity index (χ0) is 10.6. The monoisotopic (exact) mass is 245 g/mol. The molecule has 2 bridgehead atoms. The molecule has 0 spiro atoms. The molecule has 2 N–H and O–H groups in total. The number of hydrogen-bond donors (Lipinski definition) is 1. The van der Waals surface area contributed by atoms with Crippen molar-refractivity contribution in [3.63, 3.8) is 0 Å². The smallest absolute Gasteiger partial charge is 0.368 e. The van der Waals surface area contributed by atoms with Crippen molar-refractivity contribution in [3.05, 3.63) is 0 Å². The van der Waals surface area contributed by atoms with E-state index < -0.39 is 17.7 Å². The number of hydrogen-bond acceptors (Lipinski definition) is 2. The quantitative estimate of drug-likeness (QED) is 0.768. The van der Waals surface area contributed by atoms with E-state index in [1.807, 2.05) is 0 Å². The highest BCUT2D eigenvalue weighted by Crippen LogP contribution is 2.57. The molecule has 0 unspecified atom stereocenters. The minimum absolute atomic E-state index is 0. The molecule has 2 rings (SSSR count). The SMILES string of the molecule is CO[C@]1(C(F)(F)F)C[C@H]2C[C@@H]1C[C@@H]2N.Cl. The highest BCUT2D eigenvalue weighted by atomic mass is 35.5. The van der Waals surface area contributed by atoms with Crippen molar-refractivity contribution in [2.45, 2.75) is 37.1 Å². The molecule has 90 valence electrons. The lowest BCUT2D eigenvalue weighted by atomic mass is 9.81. The van der Waals surface area contributed by atoms with E-state index in [-0.39, 0.29) is 30.8 Å². The molecule has 6 heteroatoms. The zero-order valence-corrected chi connectivity index (χ0v) is 9.20. The minimum atomic E-state index is -4.26. The number of halogens is 4. The van der Waals surface area contributed by atoms with Crippen molar-refractivity contribution in [2.75, 3.05) is 7.11 Å². The number of ether oxygens (including phenoxy) is 1. The summed E-state index contributed by atoms with van der Waals surface area (Å²) in [5.41, 5.74) is 3.81. The van der Waals surface area contributed by atoms with Gasteiger partial charge in [0.25, 0.3) is 0 Å². The Bertz CT molecular complexity index is 246. The molecule has 2 fully saturated rings. The fourth-order valence-corrected chi connectivity index (χ4v) is 3.04. The Morgan fingerprint density at radius 3 is 2.20 bits per heavy atom. The first-order valence-electron chi connectivity index (χ1n) is 4.78. The lowest BCUT2D eigenvalue weighted by molar-refractivity contribution is -0.287. The number of fused-ring (bicyclic) bond motifs is 2. The van der Waals surface area contributed by atoms with Gasteiger partial charge in [-0.2, -0.15) is 13.2 Å². The van der Waals surface area contributed by atoms with Gasteiger partial charge in [-0.15, -0.1) is 12.4 Å². The van der Waals surface area contributed by atoms with E-state index in [4.69, 9.17) is 10.5 Å². The maximum Gasteiger partial charge on any atom is 0.417 e. The topological polar surface area (TPSA) is 35.2 Å². The summed E-state index contributed by atoms with van der Waals surface area (Å²) in [4.78, 5) is 0. The normalized spacial score (nSPS) is 44.2. The second-order valence-corrected chi connectivity index (χ2v) is 4.39. The number of rotatable bonds is 1. The number of alkyl halides is 3. The van der Waals surface area contributed by atoms with Gasteiger partial charge in [-0.25, -0.2) is 0 Å². The Kier molecular flexibility index (Phi) is 3.30. The van der Waals surface area contributed by atoms with Gasteiger partial charge < -0.3 is 10.5 Å². The standard InChI is InChI=1S/C9H14F3NO.ClH/c1-14-8(9(10,11)12)4-5-2-6(8)3-7(5)13;/h5-7H,2-4,13H2,1H3;1H/t5-,6-,7+,8-;/m1./s1. The van der Waals surface area contributed by atoms with Crippen LogP contribution in [-0.4, -0.2) is 24.9 Å². The maximum absolute atomic E-state index is 12.8. The Morgan fingerprint density at radius 2 is 1.93 bits per heavy atom. The van der Waals surface area contributed by atoms with E-state index in [1.165, 1.54) is 0 Å². The predicted octanol–water partition coefficient (Wildman–Crippen LogP) is 2.11. The van der Waals surface area contributed by atoms with Crippen LogP contribution in [0.15, 0.2) is 0 Å². The van der Waals surface area contributed by atoms with Crippen LogP contribution in [0.25, 0.3) is 0 Å². The van der Waals surface area contributed by atoms with Gasteiger partial charge in [0.1, 0.15) is 0 Å². The Hall–Kier alpha value is 0. The lowest BCUT2D eigenvalue weighted by Gasteiger charge is -2.39. The lowest BCUT2D eigenvalue weighted by Crippen LogP contribution is -2.53. The van der Waals surface area contributed by atoms with Gasteiger partial charge in [0.2, 0.25) is 0 Å². The van der Waals surface area contributed by atoms with E-state index >= 15 is 0 Å². The Morgan fingerprint density at radius 1 is 1.33 bits per heavy atom. The summed E-state index contributed by atoms with van der Waals surface area (Å²) >= 11 is 0. The van der Waals surface area contributed by atoms with Crippen LogP contribution in [0.4, 0.5) is 13.2 Å². The van der Waals surface area contributed by atoms with Crippen molar-refractivity contribution in [1.82, 2.24) is 0 Å². The molecule has 2 aliphatic carbocycles. The number of nitrogens with two attached hydrogens (primary N) is 1. The fraction of sp³-hybridized carbons (Fsp3) is 1.00. The van der Waals surface area contributed by atoms with Gasteiger partial charge in [0.05, 0.1) is 0 Å². The molecule has 0 heterocycles. The van der Waals surface area contributed by atoms with E-state index in [1.54, 1.807) is 0 Å². The molecule has 2 saturated carbocycles. The highest BCUT2D eigenvalue weighted by Gasteiger charge is 2.67. The van der Waals surface area contributed by atoms with Gasteiger partial charge in [-0.05, 0) is 31.1 Å². The maximum atomic E-state index is 12.8. The summed E-state index contributed by atoms with van der Waals surface area (Å²) < 4.78 is 43.3. The zero-order valence-electron chi connectivity index (χ0n) is 8.38. The van der Waals surface area contributed by atoms with Crippen LogP contribution in [0.3, 0.4) is 0 Å². The Balaban J connectivity index is 0.00000112. The Labute approximate surface area is 92.8 Å². The van der Waals surface area contributed by atoms with Gasteiger partial charge in [-0.1, -0.05) is 0 Å². The van der Waals surface area contributed by atoms with Crippen LogP contribution < -0.4 is 5.73 Å². The first-order valence-corrected chi connectivity index (χ1v) is 4.78. The van der Waals surface area contributed by atoms with Crippen LogP contribution in [0, 0.1) is 11.8 Å². The fourth-order valence-electron chi connectivity index (χ4n) is 3.04. The van der Waals surface area contributed by atoms with Crippen LogP contribution in [0.2, 0.25) is 0 Å². The van der Waals surface area contributed by atoms with Crippen molar-refractivity contribution in [2.24, 2.45) is 17.6 Å². The van der Waals surface area contributed by atoms with E-state index in [0.717, 1.165) is 7.11 Å². The average Bonchev–Trinajstić information content (AvgIpc) is 2.58. The summed E-state index contributed by atoms with van der Waals surface area (Å²) in [7, 11) is 1.15. The van der Waals surface area contributed by atoms with Crippen LogP contribution in [0.5, 0.6) is 0 Å². The molecule has 4 atom stereocenters. The summed E-state index contributed by atoms with van der Waals surface area (Å²) in [6, 6.07) is -0.0642. The molecule has 15 heavy (non-hydrogen) atoms. The first-order chi connectivity index (χ1) is 6.40. The van der Waals surface area contributed by atoms with Gasteiger partial charge in [-0.3, -0.25) is 0 Å². The van der Waals surface area contributed by atoms with Crippen molar-refractivity contribution < 1.29 is 17.9 Å². The summed E-state index contributed by atoms with van der Waals surface area (Å²) in [5, 5.41) is 0. The molecule has 2 nitrogen and oxygen atoms in total. The van der Waals surface area contributed by atoms with Crippen molar-refractivity contribution in [1.29, 1.82) is 0 Å². The van der Waals surface area contributed by atoms with E-state index in [2.05, 4.69) is 0 Å². The van der Waals surface area contributed by atoms with Gasteiger partial charge in [0, 0.05) is 13.2 Å². The molecule has 0 amide bonds.